The molecule has 6 nitrogen and oxygen atoms in total. The van der Waals surface area contributed by atoms with Crippen LogP contribution in [0.2, 0.25) is 0 Å². The van der Waals surface area contributed by atoms with E-state index < -0.39 is 5.97 Å². The van der Waals surface area contributed by atoms with Crippen LogP contribution in [0.5, 0.6) is 0 Å². The highest BCUT2D eigenvalue weighted by atomic mass is 16.4. The van der Waals surface area contributed by atoms with Gasteiger partial charge in [0, 0.05) is 19.6 Å². The number of nitrogens with one attached hydrogen (secondary N) is 1. The molecule has 1 fully saturated rings. The van der Waals surface area contributed by atoms with Gasteiger partial charge in [-0.2, -0.15) is 0 Å². The number of urea groups is 1. The summed E-state index contributed by atoms with van der Waals surface area (Å²) in [6.45, 7) is 2.45. The number of nitrogens with two attached hydrogens (primary N) is 1. The Hall–Kier alpha value is -2.08. The lowest BCUT2D eigenvalue weighted by molar-refractivity contribution is 0.0697. The molecule has 6 heteroatoms. The van der Waals surface area contributed by atoms with Crippen LogP contribution in [0.15, 0.2) is 24.3 Å². The number of carbonyl (C=O) groups is 2. The molecule has 1 aliphatic rings. The largest absolute Gasteiger partial charge is 0.478 e. The Morgan fingerprint density at radius 2 is 2.05 bits per heavy atom. The Labute approximate surface area is 117 Å². The topological polar surface area (TPSA) is 95.7 Å². The van der Waals surface area contributed by atoms with Crippen molar-refractivity contribution in [2.45, 2.75) is 13.0 Å². The number of hydrogen-bond acceptors (Lipinski definition) is 3. The van der Waals surface area contributed by atoms with E-state index in [4.69, 9.17) is 10.8 Å². The number of carbonyl (C=O) groups excluding carboxylic acids is 1. The zero-order chi connectivity index (χ0) is 14.5. The molecule has 1 atom stereocenters. The van der Waals surface area contributed by atoms with Gasteiger partial charge < -0.3 is 21.1 Å². The molecule has 2 rings (SSSR count). The normalized spacial score (nSPS) is 18.1. The van der Waals surface area contributed by atoms with Crippen LogP contribution in [-0.2, 0) is 6.54 Å². The molecular weight excluding hydrogens is 258 g/mol. The number of nitrogens with zero attached hydrogens (tertiary/aromatic N) is 1. The first kappa shape index (κ1) is 14.3. The van der Waals surface area contributed by atoms with Crippen molar-refractivity contribution in [2.75, 3.05) is 19.6 Å². The maximum Gasteiger partial charge on any atom is 0.335 e. The second-order valence-corrected chi connectivity index (χ2v) is 5.00. The Morgan fingerprint density at radius 1 is 1.35 bits per heavy atom. The predicted molar refractivity (Wildman–Crippen MR) is 74.4 cm³/mol. The lowest BCUT2D eigenvalue weighted by Gasteiger charge is -2.17. The van der Waals surface area contributed by atoms with Gasteiger partial charge in [0.15, 0.2) is 0 Å². The number of rotatable bonds is 4. The summed E-state index contributed by atoms with van der Waals surface area (Å²) in [5.74, 6) is -0.555. The Morgan fingerprint density at radius 3 is 2.60 bits per heavy atom. The summed E-state index contributed by atoms with van der Waals surface area (Å²) >= 11 is 0. The molecule has 0 aromatic heterocycles. The fraction of sp³-hybridized carbons (Fsp3) is 0.429. The molecule has 0 saturated carbocycles. The first-order chi connectivity index (χ1) is 9.60. The van der Waals surface area contributed by atoms with Crippen LogP contribution in [0.25, 0.3) is 0 Å². The number of likely N-dealkylation sites (tertiary alicyclic amines) is 1. The van der Waals surface area contributed by atoms with Crippen molar-refractivity contribution in [3.8, 4) is 0 Å². The number of carboxylic acids is 1. The van der Waals surface area contributed by atoms with E-state index in [1.165, 1.54) is 12.1 Å². The van der Waals surface area contributed by atoms with Crippen LogP contribution < -0.4 is 11.1 Å². The van der Waals surface area contributed by atoms with Crippen molar-refractivity contribution in [3.05, 3.63) is 35.4 Å². The molecule has 20 heavy (non-hydrogen) atoms. The van der Waals surface area contributed by atoms with E-state index in [9.17, 15) is 9.59 Å². The second kappa shape index (κ2) is 6.38. The third kappa shape index (κ3) is 3.48. The minimum absolute atomic E-state index is 0.0942. The van der Waals surface area contributed by atoms with Crippen LogP contribution in [0, 0.1) is 5.92 Å². The number of aromatic carboxylic acids is 1. The molecule has 2 amide bonds. The van der Waals surface area contributed by atoms with E-state index in [0.29, 0.717) is 25.6 Å². The van der Waals surface area contributed by atoms with Crippen molar-refractivity contribution in [1.29, 1.82) is 0 Å². The van der Waals surface area contributed by atoms with Crippen LogP contribution in [-0.4, -0.2) is 41.6 Å². The predicted octanol–water partition coefficient (Wildman–Crippen LogP) is 0.875. The van der Waals surface area contributed by atoms with Crippen molar-refractivity contribution < 1.29 is 14.7 Å². The lowest BCUT2D eigenvalue weighted by atomic mass is 10.1. The van der Waals surface area contributed by atoms with Crippen LogP contribution in [0.1, 0.15) is 22.3 Å². The van der Waals surface area contributed by atoms with Gasteiger partial charge in [0.2, 0.25) is 0 Å². The summed E-state index contributed by atoms with van der Waals surface area (Å²) in [6, 6.07) is 6.38. The third-order valence-corrected chi connectivity index (χ3v) is 3.55. The first-order valence-corrected chi connectivity index (χ1v) is 6.65. The quantitative estimate of drug-likeness (QED) is 0.761. The highest BCUT2D eigenvalue weighted by Gasteiger charge is 2.24. The van der Waals surface area contributed by atoms with Crippen molar-refractivity contribution in [2.24, 2.45) is 11.7 Å². The summed E-state index contributed by atoms with van der Waals surface area (Å²) in [7, 11) is 0. The van der Waals surface area contributed by atoms with Gasteiger partial charge in [-0.25, -0.2) is 9.59 Å². The van der Waals surface area contributed by atoms with E-state index in [1.807, 2.05) is 0 Å². The Bertz CT molecular complexity index is 487. The molecule has 1 heterocycles. The summed E-state index contributed by atoms with van der Waals surface area (Å²) < 4.78 is 0. The van der Waals surface area contributed by atoms with Crippen molar-refractivity contribution >= 4 is 12.0 Å². The smallest absolute Gasteiger partial charge is 0.335 e. The summed E-state index contributed by atoms with van der Waals surface area (Å²) in [6.07, 6.45) is 0.956. The fourth-order valence-corrected chi connectivity index (χ4v) is 2.26. The molecule has 108 valence electrons. The zero-order valence-corrected chi connectivity index (χ0v) is 11.2. The molecule has 1 aromatic carbocycles. The average Bonchev–Trinajstić information content (AvgIpc) is 2.94. The minimum atomic E-state index is -0.953. The molecule has 1 saturated heterocycles. The molecule has 0 spiro atoms. The highest BCUT2D eigenvalue weighted by Crippen LogP contribution is 2.14. The van der Waals surface area contributed by atoms with Crippen LogP contribution >= 0.6 is 0 Å². The van der Waals surface area contributed by atoms with Gasteiger partial charge in [0.25, 0.3) is 0 Å². The SMILES string of the molecule is NCC1CCN(C(=O)NCc2ccc(C(=O)O)cc2)C1. The molecule has 4 N–H and O–H groups in total. The van der Waals surface area contributed by atoms with E-state index >= 15 is 0 Å². The van der Waals surface area contributed by atoms with Gasteiger partial charge >= 0.3 is 12.0 Å². The van der Waals surface area contributed by atoms with Crippen molar-refractivity contribution in [3.63, 3.8) is 0 Å². The molecule has 0 bridgehead atoms. The van der Waals surface area contributed by atoms with E-state index in [0.717, 1.165) is 18.5 Å². The Balaban J connectivity index is 1.83. The summed E-state index contributed by atoms with van der Waals surface area (Å²) in [5, 5.41) is 11.6. The van der Waals surface area contributed by atoms with Gasteiger partial charge in [0.1, 0.15) is 0 Å². The number of benzene rings is 1. The molecular formula is C14H19N3O3. The van der Waals surface area contributed by atoms with E-state index in [1.54, 1.807) is 17.0 Å². The number of hydrogen-bond donors (Lipinski definition) is 3. The molecule has 1 aromatic rings. The second-order valence-electron chi connectivity index (χ2n) is 5.00. The summed E-state index contributed by atoms with van der Waals surface area (Å²) in [5.41, 5.74) is 6.71. The first-order valence-electron chi connectivity index (χ1n) is 6.65. The lowest BCUT2D eigenvalue weighted by Crippen LogP contribution is -2.38. The molecule has 0 aliphatic carbocycles. The van der Waals surface area contributed by atoms with Gasteiger partial charge in [-0.05, 0) is 36.6 Å². The van der Waals surface area contributed by atoms with Gasteiger partial charge in [0.05, 0.1) is 5.56 Å². The average molecular weight is 277 g/mol. The fourth-order valence-electron chi connectivity index (χ4n) is 2.26. The molecule has 1 aliphatic heterocycles. The summed E-state index contributed by atoms with van der Waals surface area (Å²) in [4.78, 5) is 24.4. The van der Waals surface area contributed by atoms with E-state index in [-0.39, 0.29) is 11.6 Å². The van der Waals surface area contributed by atoms with Gasteiger partial charge in [-0.1, -0.05) is 12.1 Å². The highest BCUT2D eigenvalue weighted by molar-refractivity contribution is 5.87. The van der Waals surface area contributed by atoms with Gasteiger partial charge in [-0.3, -0.25) is 0 Å². The van der Waals surface area contributed by atoms with Crippen molar-refractivity contribution in [1.82, 2.24) is 10.2 Å². The van der Waals surface area contributed by atoms with Crippen LogP contribution in [0.3, 0.4) is 0 Å². The molecule has 0 radical (unpaired) electrons. The maximum absolute atomic E-state index is 11.9. The Kier molecular flexibility index (Phi) is 4.57. The van der Waals surface area contributed by atoms with Gasteiger partial charge in [-0.15, -0.1) is 0 Å². The van der Waals surface area contributed by atoms with E-state index in [2.05, 4.69) is 5.32 Å². The number of amides is 2. The standard InChI is InChI=1S/C14H19N3O3/c15-7-11-5-6-17(9-11)14(20)16-8-10-1-3-12(4-2-10)13(18)19/h1-4,11H,5-9,15H2,(H,16,20)(H,18,19). The number of carboxylic acid groups (broad SMARTS) is 1. The minimum Gasteiger partial charge on any atom is -0.478 e. The van der Waals surface area contributed by atoms with Crippen LogP contribution in [0.4, 0.5) is 4.79 Å². The third-order valence-electron chi connectivity index (χ3n) is 3.55. The maximum atomic E-state index is 11.9. The molecule has 1 unspecified atom stereocenters. The monoisotopic (exact) mass is 277 g/mol. The zero-order valence-electron chi connectivity index (χ0n) is 11.2.